The van der Waals surface area contributed by atoms with Crippen molar-refractivity contribution in [3.63, 3.8) is 0 Å². The summed E-state index contributed by atoms with van der Waals surface area (Å²) in [5.74, 6) is 0.957. The highest BCUT2D eigenvalue weighted by atomic mass is 16.5. The van der Waals surface area contributed by atoms with E-state index in [1.807, 2.05) is 30.3 Å². The van der Waals surface area contributed by atoms with Crippen molar-refractivity contribution in [2.75, 3.05) is 20.7 Å². The van der Waals surface area contributed by atoms with Gasteiger partial charge in [-0.1, -0.05) is 18.2 Å². The molecule has 0 aromatic heterocycles. The van der Waals surface area contributed by atoms with Crippen molar-refractivity contribution in [2.45, 2.75) is 19.4 Å². The van der Waals surface area contributed by atoms with Gasteiger partial charge in [0.15, 0.2) is 0 Å². The van der Waals surface area contributed by atoms with Crippen molar-refractivity contribution in [1.82, 2.24) is 4.90 Å². The molecule has 0 aliphatic carbocycles. The van der Waals surface area contributed by atoms with E-state index < -0.39 is 0 Å². The maximum Gasteiger partial charge on any atom is 0.119 e. The van der Waals surface area contributed by atoms with Gasteiger partial charge in [-0.25, -0.2) is 0 Å². The topological polar surface area (TPSA) is 12.5 Å². The van der Waals surface area contributed by atoms with Gasteiger partial charge in [0.1, 0.15) is 5.75 Å². The van der Waals surface area contributed by atoms with E-state index in [2.05, 4.69) is 25.9 Å². The van der Waals surface area contributed by atoms with E-state index in [1.165, 1.54) is 0 Å². The Kier molecular flexibility index (Phi) is 4.47. The van der Waals surface area contributed by atoms with Crippen LogP contribution in [0.5, 0.6) is 5.75 Å². The molecule has 2 heteroatoms. The van der Waals surface area contributed by atoms with Crippen molar-refractivity contribution in [1.29, 1.82) is 0 Å². The molecule has 1 aromatic carbocycles. The molecule has 0 spiro atoms. The Morgan fingerprint density at radius 1 is 1.21 bits per heavy atom. The highest BCUT2D eigenvalue weighted by molar-refractivity contribution is 5.20. The number of para-hydroxylation sites is 1. The highest BCUT2D eigenvalue weighted by Crippen LogP contribution is 2.09. The van der Waals surface area contributed by atoms with Crippen molar-refractivity contribution in [2.24, 2.45) is 0 Å². The Bertz CT molecular complexity index is 246. The summed E-state index contributed by atoms with van der Waals surface area (Å²) in [4.78, 5) is 2.20. The lowest BCUT2D eigenvalue weighted by Gasteiger charge is -2.19. The summed E-state index contributed by atoms with van der Waals surface area (Å²) in [6.45, 7) is 2.98. The van der Waals surface area contributed by atoms with Crippen LogP contribution in [0.15, 0.2) is 30.3 Å². The fourth-order valence-corrected chi connectivity index (χ4v) is 1.12. The number of nitrogens with zero attached hydrogens (tertiary/aromatic N) is 1. The molecule has 1 aromatic rings. The standard InChI is InChI=1S/C12H19NO/c1-11(13(2)3)9-10-14-12-7-5-4-6-8-12/h4-8,11H,9-10H2,1-3H3/t11-/m1/s1. The molecule has 0 saturated carbocycles. The maximum absolute atomic E-state index is 5.60. The molecular formula is C12H19NO. The van der Waals surface area contributed by atoms with Crippen LogP contribution in [0, 0.1) is 0 Å². The molecule has 0 N–H and O–H groups in total. The minimum absolute atomic E-state index is 0.568. The van der Waals surface area contributed by atoms with Gasteiger partial charge in [0, 0.05) is 6.04 Å². The van der Waals surface area contributed by atoms with Crippen LogP contribution in [0.2, 0.25) is 0 Å². The Hall–Kier alpha value is -1.02. The molecule has 0 unspecified atom stereocenters. The zero-order valence-corrected chi connectivity index (χ0v) is 9.23. The van der Waals surface area contributed by atoms with Crippen LogP contribution in [0.3, 0.4) is 0 Å². The van der Waals surface area contributed by atoms with Crippen molar-refractivity contribution >= 4 is 0 Å². The molecule has 0 radical (unpaired) electrons. The van der Waals surface area contributed by atoms with E-state index in [1.54, 1.807) is 0 Å². The van der Waals surface area contributed by atoms with Crippen LogP contribution in [-0.4, -0.2) is 31.6 Å². The molecule has 1 rings (SSSR count). The SMILES string of the molecule is C[C@H](CCOc1ccccc1)N(C)C. The quantitative estimate of drug-likeness (QED) is 0.712. The first-order valence-electron chi connectivity index (χ1n) is 5.04. The number of hydrogen-bond donors (Lipinski definition) is 0. The summed E-state index contributed by atoms with van der Waals surface area (Å²) >= 11 is 0. The van der Waals surface area contributed by atoms with Gasteiger partial charge in [0.25, 0.3) is 0 Å². The minimum atomic E-state index is 0.568. The monoisotopic (exact) mass is 193 g/mol. The number of hydrogen-bond acceptors (Lipinski definition) is 2. The first-order valence-corrected chi connectivity index (χ1v) is 5.04. The number of rotatable bonds is 5. The Balaban J connectivity index is 2.22. The number of ether oxygens (including phenoxy) is 1. The van der Waals surface area contributed by atoms with Crippen LogP contribution in [0.1, 0.15) is 13.3 Å². The number of benzene rings is 1. The molecule has 1 atom stereocenters. The third kappa shape index (κ3) is 3.79. The molecule has 0 heterocycles. The molecular weight excluding hydrogens is 174 g/mol. The second-order valence-electron chi connectivity index (χ2n) is 3.76. The fraction of sp³-hybridized carbons (Fsp3) is 0.500. The van der Waals surface area contributed by atoms with E-state index >= 15 is 0 Å². The first kappa shape index (κ1) is 11.1. The Labute approximate surface area is 86.5 Å². The van der Waals surface area contributed by atoms with E-state index in [-0.39, 0.29) is 0 Å². The Morgan fingerprint density at radius 2 is 1.86 bits per heavy atom. The van der Waals surface area contributed by atoms with Crippen molar-refractivity contribution < 1.29 is 4.74 Å². The van der Waals surface area contributed by atoms with Crippen LogP contribution < -0.4 is 4.74 Å². The largest absolute Gasteiger partial charge is 0.494 e. The van der Waals surface area contributed by atoms with Gasteiger partial charge in [-0.2, -0.15) is 0 Å². The molecule has 0 aliphatic heterocycles. The predicted octanol–water partition coefficient (Wildman–Crippen LogP) is 2.41. The Morgan fingerprint density at radius 3 is 2.43 bits per heavy atom. The predicted molar refractivity (Wildman–Crippen MR) is 59.7 cm³/mol. The average Bonchev–Trinajstić information content (AvgIpc) is 2.19. The molecule has 0 amide bonds. The molecule has 0 aliphatic rings. The molecule has 0 fully saturated rings. The van der Waals surface area contributed by atoms with Crippen LogP contribution >= 0.6 is 0 Å². The van der Waals surface area contributed by atoms with Gasteiger partial charge in [-0.3, -0.25) is 0 Å². The lowest BCUT2D eigenvalue weighted by molar-refractivity contribution is 0.233. The maximum atomic E-state index is 5.60. The summed E-state index contributed by atoms with van der Waals surface area (Å²) < 4.78 is 5.60. The lowest BCUT2D eigenvalue weighted by atomic mass is 10.2. The summed E-state index contributed by atoms with van der Waals surface area (Å²) in [6, 6.07) is 10.5. The fourth-order valence-electron chi connectivity index (χ4n) is 1.12. The van der Waals surface area contributed by atoms with E-state index in [0.717, 1.165) is 18.8 Å². The van der Waals surface area contributed by atoms with Crippen LogP contribution in [0.25, 0.3) is 0 Å². The third-order valence-electron chi connectivity index (χ3n) is 2.43. The second kappa shape index (κ2) is 5.66. The van der Waals surface area contributed by atoms with Crippen molar-refractivity contribution in [3.8, 4) is 5.75 Å². The average molecular weight is 193 g/mol. The summed E-state index contributed by atoms with van der Waals surface area (Å²) in [7, 11) is 4.18. The minimum Gasteiger partial charge on any atom is -0.494 e. The van der Waals surface area contributed by atoms with Crippen LogP contribution in [-0.2, 0) is 0 Å². The third-order valence-corrected chi connectivity index (χ3v) is 2.43. The lowest BCUT2D eigenvalue weighted by Crippen LogP contribution is -2.26. The summed E-state index contributed by atoms with van der Waals surface area (Å²) in [5, 5.41) is 0. The van der Waals surface area contributed by atoms with Gasteiger partial charge in [0.05, 0.1) is 6.61 Å². The zero-order chi connectivity index (χ0) is 10.4. The molecule has 78 valence electrons. The summed E-state index contributed by atoms with van der Waals surface area (Å²) in [5.41, 5.74) is 0. The van der Waals surface area contributed by atoms with E-state index in [9.17, 15) is 0 Å². The van der Waals surface area contributed by atoms with Crippen molar-refractivity contribution in [3.05, 3.63) is 30.3 Å². The molecule has 2 nitrogen and oxygen atoms in total. The zero-order valence-electron chi connectivity index (χ0n) is 9.23. The van der Waals surface area contributed by atoms with E-state index in [4.69, 9.17) is 4.74 Å². The van der Waals surface area contributed by atoms with Gasteiger partial charge >= 0.3 is 0 Å². The van der Waals surface area contributed by atoms with E-state index in [0.29, 0.717) is 6.04 Å². The van der Waals surface area contributed by atoms with Crippen LogP contribution in [0.4, 0.5) is 0 Å². The molecule has 0 bridgehead atoms. The highest BCUT2D eigenvalue weighted by Gasteiger charge is 2.03. The molecule has 0 saturated heterocycles. The second-order valence-corrected chi connectivity index (χ2v) is 3.76. The smallest absolute Gasteiger partial charge is 0.119 e. The molecule has 14 heavy (non-hydrogen) atoms. The van der Waals surface area contributed by atoms with Gasteiger partial charge in [-0.05, 0) is 39.6 Å². The normalized spacial score (nSPS) is 12.9. The van der Waals surface area contributed by atoms with Gasteiger partial charge < -0.3 is 9.64 Å². The first-order chi connectivity index (χ1) is 6.70. The summed E-state index contributed by atoms with van der Waals surface area (Å²) in [6.07, 6.45) is 1.06. The van der Waals surface area contributed by atoms with Gasteiger partial charge in [0.2, 0.25) is 0 Å². The van der Waals surface area contributed by atoms with Gasteiger partial charge in [-0.15, -0.1) is 0 Å².